The molecule has 4 rings (SSSR count). The normalized spacial score (nSPS) is 15.6. The molecule has 0 spiro atoms. The second-order valence-corrected chi connectivity index (χ2v) is 10.8. The molecule has 0 aliphatic heterocycles. The van der Waals surface area contributed by atoms with Gasteiger partial charge in [-0.05, 0) is 68.0 Å². The number of anilines is 1. The van der Waals surface area contributed by atoms with Crippen molar-refractivity contribution in [3.63, 3.8) is 0 Å². The highest BCUT2D eigenvalue weighted by Crippen LogP contribution is 2.34. The van der Waals surface area contributed by atoms with E-state index in [2.05, 4.69) is 17.6 Å². The molecule has 6 nitrogen and oxygen atoms in total. The van der Waals surface area contributed by atoms with Crippen molar-refractivity contribution in [2.45, 2.75) is 58.4 Å². The lowest BCUT2D eigenvalue weighted by Gasteiger charge is -2.20. The molecule has 2 N–H and O–H groups in total. The predicted octanol–water partition coefficient (Wildman–Crippen LogP) is 6.84. The average molecular weight is 526 g/mol. The van der Waals surface area contributed by atoms with Crippen molar-refractivity contribution in [1.82, 2.24) is 10.3 Å². The number of rotatable bonds is 9. The van der Waals surface area contributed by atoms with Crippen molar-refractivity contribution < 1.29 is 14.3 Å². The molecule has 1 heterocycles. The summed E-state index contributed by atoms with van der Waals surface area (Å²) in [4.78, 5) is 31.7. The lowest BCUT2D eigenvalue weighted by molar-refractivity contribution is 0.0939. The molecule has 2 aromatic carbocycles. The molecule has 36 heavy (non-hydrogen) atoms. The number of halogens is 1. The van der Waals surface area contributed by atoms with Crippen LogP contribution in [0, 0.1) is 5.92 Å². The first-order chi connectivity index (χ1) is 17.4. The van der Waals surface area contributed by atoms with E-state index in [1.807, 2.05) is 19.1 Å². The number of amides is 2. The Morgan fingerprint density at radius 2 is 2.00 bits per heavy atom. The summed E-state index contributed by atoms with van der Waals surface area (Å²) >= 11 is 7.75. The standard InChI is InChI=1S/C28H32ClN3O3S/c1-4-5-7-18-10-12-23-25(14-18)36-28(31-23)32-27(34)20-9-6-8-19(15-20)17(2)30-26(33)21-11-13-24(35-3)22(29)16-21/h6,8-9,11,13,15-18H,4-5,7,10,12,14H2,1-3H3,(H,30,33)(H,31,32,34)/t17-,18+/m1/s1. The fourth-order valence-electron chi connectivity index (χ4n) is 4.53. The molecule has 0 bridgehead atoms. The van der Waals surface area contributed by atoms with E-state index in [-0.39, 0.29) is 17.9 Å². The number of unbranched alkanes of at least 4 members (excludes halogenated alkanes) is 1. The predicted molar refractivity (Wildman–Crippen MR) is 145 cm³/mol. The third kappa shape index (κ3) is 6.26. The summed E-state index contributed by atoms with van der Waals surface area (Å²) in [5, 5.41) is 6.97. The number of fused-ring (bicyclic) bond motifs is 1. The highest BCUT2D eigenvalue weighted by atomic mass is 35.5. The highest BCUT2D eigenvalue weighted by Gasteiger charge is 2.23. The zero-order valence-electron chi connectivity index (χ0n) is 20.9. The molecule has 1 aliphatic rings. The highest BCUT2D eigenvalue weighted by molar-refractivity contribution is 7.15. The summed E-state index contributed by atoms with van der Waals surface area (Å²) in [6.07, 6.45) is 6.99. The van der Waals surface area contributed by atoms with E-state index in [4.69, 9.17) is 21.3 Å². The Hall–Kier alpha value is -2.90. The first-order valence-electron chi connectivity index (χ1n) is 12.4. The van der Waals surface area contributed by atoms with Crippen LogP contribution in [0.4, 0.5) is 5.13 Å². The zero-order chi connectivity index (χ0) is 25.7. The molecule has 0 fully saturated rings. The van der Waals surface area contributed by atoms with Crippen LogP contribution in [-0.4, -0.2) is 23.9 Å². The second-order valence-electron chi connectivity index (χ2n) is 9.26. The van der Waals surface area contributed by atoms with Crippen LogP contribution in [0.2, 0.25) is 5.02 Å². The molecule has 0 saturated carbocycles. The van der Waals surface area contributed by atoms with Crippen LogP contribution in [0.5, 0.6) is 5.75 Å². The average Bonchev–Trinajstić information content (AvgIpc) is 3.28. The monoisotopic (exact) mass is 525 g/mol. The van der Waals surface area contributed by atoms with E-state index in [1.165, 1.54) is 37.7 Å². The van der Waals surface area contributed by atoms with Gasteiger partial charge in [0.1, 0.15) is 5.75 Å². The van der Waals surface area contributed by atoms with Crippen molar-refractivity contribution in [1.29, 1.82) is 0 Å². The van der Waals surface area contributed by atoms with Crippen LogP contribution in [0.15, 0.2) is 42.5 Å². The number of nitrogens with zero attached hydrogens (tertiary/aromatic N) is 1. The number of carbonyl (C=O) groups excluding carboxylic acids is 2. The maximum Gasteiger partial charge on any atom is 0.257 e. The van der Waals surface area contributed by atoms with E-state index < -0.39 is 0 Å². The van der Waals surface area contributed by atoms with Gasteiger partial charge in [0, 0.05) is 16.0 Å². The lowest BCUT2D eigenvalue weighted by atomic mass is 9.87. The number of hydrogen-bond acceptors (Lipinski definition) is 5. The van der Waals surface area contributed by atoms with Crippen molar-refractivity contribution >= 4 is 39.9 Å². The molecule has 0 unspecified atom stereocenters. The molecule has 2 amide bonds. The Kier molecular flexibility index (Phi) is 8.64. The zero-order valence-corrected chi connectivity index (χ0v) is 22.5. The van der Waals surface area contributed by atoms with Gasteiger partial charge >= 0.3 is 0 Å². The third-order valence-electron chi connectivity index (χ3n) is 6.64. The van der Waals surface area contributed by atoms with Crippen LogP contribution in [-0.2, 0) is 12.8 Å². The Labute approximate surface area is 221 Å². The molecule has 2 atom stereocenters. The summed E-state index contributed by atoms with van der Waals surface area (Å²) in [6.45, 7) is 4.11. The molecule has 3 aromatic rings. The van der Waals surface area contributed by atoms with Crippen molar-refractivity contribution in [3.05, 3.63) is 74.7 Å². The van der Waals surface area contributed by atoms with Gasteiger partial charge in [0.05, 0.1) is 23.9 Å². The summed E-state index contributed by atoms with van der Waals surface area (Å²) in [5.41, 5.74) is 2.92. The van der Waals surface area contributed by atoms with Gasteiger partial charge in [-0.25, -0.2) is 4.98 Å². The second kappa shape index (κ2) is 11.9. The smallest absolute Gasteiger partial charge is 0.257 e. The minimum Gasteiger partial charge on any atom is -0.495 e. The summed E-state index contributed by atoms with van der Waals surface area (Å²) in [5.74, 6) is 0.777. The van der Waals surface area contributed by atoms with Gasteiger partial charge in [-0.1, -0.05) is 49.9 Å². The first kappa shape index (κ1) is 26.2. The number of carbonyl (C=O) groups is 2. The van der Waals surface area contributed by atoms with Gasteiger partial charge in [0.15, 0.2) is 5.13 Å². The number of ether oxygens (including phenoxy) is 1. The number of benzene rings is 2. The molecule has 0 radical (unpaired) electrons. The first-order valence-corrected chi connectivity index (χ1v) is 13.6. The Morgan fingerprint density at radius 1 is 1.19 bits per heavy atom. The van der Waals surface area contributed by atoms with Crippen molar-refractivity contribution in [2.24, 2.45) is 5.92 Å². The molecule has 8 heteroatoms. The molecule has 0 saturated heterocycles. The number of hydrogen-bond donors (Lipinski definition) is 2. The number of aromatic nitrogens is 1. The van der Waals surface area contributed by atoms with E-state index in [1.54, 1.807) is 41.7 Å². The maximum absolute atomic E-state index is 13.0. The number of thiazole rings is 1. The van der Waals surface area contributed by atoms with Crippen LogP contribution in [0.25, 0.3) is 0 Å². The maximum atomic E-state index is 13.0. The van der Waals surface area contributed by atoms with Crippen LogP contribution < -0.4 is 15.4 Å². The fourth-order valence-corrected chi connectivity index (χ4v) is 5.90. The third-order valence-corrected chi connectivity index (χ3v) is 7.97. The number of methoxy groups -OCH3 is 1. The van der Waals surface area contributed by atoms with Crippen LogP contribution in [0.3, 0.4) is 0 Å². The Morgan fingerprint density at radius 3 is 2.75 bits per heavy atom. The fraction of sp³-hybridized carbons (Fsp3) is 0.393. The van der Waals surface area contributed by atoms with Crippen molar-refractivity contribution in [2.75, 3.05) is 12.4 Å². The number of nitrogens with one attached hydrogen (secondary N) is 2. The van der Waals surface area contributed by atoms with Gasteiger partial charge in [0.2, 0.25) is 0 Å². The molecular formula is C28H32ClN3O3S. The van der Waals surface area contributed by atoms with Gasteiger partial charge in [0.25, 0.3) is 11.8 Å². The number of aryl methyl sites for hydroxylation is 1. The van der Waals surface area contributed by atoms with E-state index in [9.17, 15) is 9.59 Å². The quantitative estimate of drug-likeness (QED) is 0.320. The SMILES string of the molecule is CCCC[C@H]1CCc2nc(NC(=O)c3cccc([C@@H](C)NC(=O)c4ccc(OC)c(Cl)c4)c3)sc2C1. The lowest BCUT2D eigenvalue weighted by Crippen LogP contribution is -2.26. The van der Waals surface area contributed by atoms with Gasteiger partial charge in [-0.3, -0.25) is 14.9 Å². The molecule has 1 aromatic heterocycles. The van der Waals surface area contributed by atoms with Gasteiger partial charge in [-0.2, -0.15) is 0 Å². The molecule has 190 valence electrons. The minimum atomic E-state index is -0.307. The topological polar surface area (TPSA) is 80.3 Å². The van der Waals surface area contributed by atoms with Crippen LogP contribution in [0.1, 0.15) is 82.4 Å². The summed E-state index contributed by atoms with van der Waals surface area (Å²) in [7, 11) is 1.53. The Balaban J connectivity index is 1.39. The van der Waals surface area contributed by atoms with Gasteiger partial charge < -0.3 is 10.1 Å². The summed E-state index contributed by atoms with van der Waals surface area (Å²) in [6, 6.07) is 11.9. The van der Waals surface area contributed by atoms with Crippen LogP contribution >= 0.6 is 22.9 Å². The van der Waals surface area contributed by atoms with E-state index >= 15 is 0 Å². The minimum absolute atomic E-state index is 0.203. The van der Waals surface area contributed by atoms with E-state index in [0.29, 0.717) is 27.0 Å². The molecular weight excluding hydrogens is 494 g/mol. The van der Waals surface area contributed by atoms with Crippen molar-refractivity contribution in [3.8, 4) is 5.75 Å². The Bertz CT molecular complexity index is 1240. The van der Waals surface area contributed by atoms with Gasteiger partial charge in [-0.15, -0.1) is 11.3 Å². The largest absolute Gasteiger partial charge is 0.495 e. The summed E-state index contributed by atoms with van der Waals surface area (Å²) < 4.78 is 5.15. The van der Waals surface area contributed by atoms with E-state index in [0.717, 1.165) is 30.0 Å². The molecule has 1 aliphatic carbocycles.